The number of thioether (sulfide) groups is 1. The minimum absolute atomic E-state index is 0.758. The Morgan fingerprint density at radius 3 is 2.06 bits per heavy atom. The maximum absolute atomic E-state index is 3.53. The molecule has 1 nitrogen and oxygen atoms in total. The van der Waals surface area contributed by atoms with Crippen molar-refractivity contribution in [3.05, 3.63) is 0 Å². The first kappa shape index (κ1) is 16.3. The highest BCUT2D eigenvalue weighted by Crippen LogP contribution is 2.08. The van der Waals surface area contributed by atoms with Gasteiger partial charge in [0.05, 0.1) is 0 Å². The van der Waals surface area contributed by atoms with Crippen LogP contribution in [0.3, 0.4) is 0 Å². The van der Waals surface area contributed by atoms with Crippen LogP contribution in [0.4, 0.5) is 0 Å². The second-order valence-corrected chi connectivity index (χ2v) is 6.00. The molecule has 0 aliphatic rings. The first-order valence-corrected chi connectivity index (χ1v) is 8.33. The summed E-state index contributed by atoms with van der Waals surface area (Å²) in [5.41, 5.74) is 0. The standard InChI is InChI=1S/C14H31NS/c1-4-5-6-7-8-9-10-11-12-15-13-14(2)16-3/h14-15H,4-13H2,1-3H3. The van der Waals surface area contributed by atoms with Crippen LogP contribution in [-0.2, 0) is 0 Å². The molecule has 0 bridgehead atoms. The van der Waals surface area contributed by atoms with E-state index >= 15 is 0 Å². The van der Waals surface area contributed by atoms with Crippen molar-refractivity contribution in [1.29, 1.82) is 0 Å². The summed E-state index contributed by atoms with van der Waals surface area (Å²) < 4.78 is 0. The molecule has 0 fully saturated rings. The van der Waals surface area contributed by atoms with Gasteiger partial charge in [-0.25, -0.2) is 0 Å². The van der Waals surface area contributed by atoms with Crippen LogP contribution in [0.2, 0.25) is 0 Å². The molecule has 0 amide bonds. The fraction of sp³-hybridized carbons (Fsp3) is 1.00. The van der Waals surface area contributed by atoms with Crippen LogP contribution in [0.1, 0.15) is 65.2 Å². The Morgan fingerprint density at radius 1 is 0.938 bits per heavy atom. The molecule has 0 saturated carbocycles. The number of hydrogen-bond donors (Lipinski definition) is 1. The maximum atomic E-state index is 3.53. The van der Waals surface area contributed by atoms with Crippen molar-refractivity contribution in [3.8, 4) is 0 Å². The first-order valence-electron chi connectivity index (χ1n) is 7.04. The molecule has 0 aliphatic carbocycles. The number of nitrogens with one attached hydrogen (secondary N) is 1. The lowest BCUT2D eigenvalue weighted by molar-refractivity contribution is 0.555. The van der Waals surface area contributed by atoms with Crippen molar-refractivity contribution >= 4 is 11.8 Å². The fourth-order valence-electron chi connectivity index (χ4n) is 1.77. The van der Waals surface area contributed by atoms with E-state index in [1.165, 1.54) is 57.9 Å². The molecule has 0 spiro atoms. The number of rotatable bonds is 12. The summed E-state index contributed by atoms with van der Waals surface area (Å²) in [7, 11) is 0. The fourth-order valence-corrected chi connectivity index (χ4v) is 2.06. The molecule has 0 aromatic heterocycles. The Morgan fingerprint density at radius 2 is 1.50 bits per heavy atom. The minimum atomic E-state index is 0.758. The Labute approximate surface area is 107 Å². The quantitative estimate of drug-likeness (QED) is 0.509. The molecule has 1 unspecified atom stereocenters. The van der Waals surface area contributed by atoms with Crippen LogP contribution < -0.4 is 5.32 Å². The highest BCUT2D eigenvalue weighted by molar-refractivity contribution is 7.99. The molecule has 1 atom stereocenters. The molecule has 0 aliphatic heterocycles. The smallest absolute Gasteiger partial charge is 0.0141 e. The third kappa shape index (κ3) is 12.4. The van der Waals surface area contributed by atoms with Gasteiger partial charge in [-0.3, -0.25) is 0 Å². The summed E-state index contributed by atoms with van der Waals surface area (Å²) in [6.45, 7) is 6.93. The molecule has 0 aromatic rings. The van der Waals surface area contributed by atoms with Crippen molar-refractivity contribution in [1.82, 2.24) is 5.32 Å². The predicted molar refractivity (Wildman–Crippen MR) is 78.5 cm³/mol. The van der Waals surface area contributed by atoms with E-state index < -0.39 is 0 Å². The summed E-state index contributed by atoms with van der Waals surface area (Å²) in [6.07, 6.45) is 13.5. The van der Waals surface area contributed by atoms with Crippen LogP contribution in [0.15, 0.2) is 0 Å². The lowest BCUT2D eigenvalue weighted by Crippen LogP contribution is -2.23. The molecule has 0 rings (SSSR count). The van der Waals surface area contributed by atoms with E-state index in [1.54, 1.807) is 0 Å². The number of unbranched alkanes of at least 4 members (excludes halogenated alkanes) is 7. The molecule has 2 heteroatoms. The van der Waals surface area contributed by atoms with Gasteiger partial charge in [-0.05, 0) is 19.2 Å². The zero-order valence-electron chi connectivity index (χ0n) is 11.6. The van der Waals surface area contributed by atoms with Crippen molar-refractivity contribution in [2.75, 3.05) is 19.3 Å². The largest absolute Gasteiger partial charge is 0.316 e. The topological polar surface area (TPSA) is 12.0 Å². The summed E-state index contributed by atoms with van der Waals surface area (Å²) in [6, 6.07) is 0. The van der Waals surface area contributed by atoms with Crippen molar-refractivity contribution in [2.24, 2.45) is 0 Å². The summed E-state index contributed by atoms with van der Waals surface area (Å²) in [5.74, 6) is 0. The third-order valence-corrected chi connectivity index (χ3v) is 4.01. The number of hydrogen-bond acceptors (Lipinski definition) is 2. The van der Waals surface area contributed by atoms with Crippen LogP contribution in [0, 0.1) is 0 Å². The lowest BCUT2D eigenvalue weighted by Gasteiger charge is -2.09. The lowest BCUT2D eigenvalue weighted by atomic mass is 10.1. The molecule has 16 heavy (non-hydrogen) atoms. The molecule has 98 valence electrons. The van der Waals surface area contributed by atoms with Gasteiger partial charge in [0.25, 0.3) is 0 Å². The molecular formula is C14H31NS. The van der Waals surface area contributed by atoms with Crippen molar-refractivity contribution in [2.45, 2.75) is 70.5 Å². The van der Waals surface area contributed by atoms with Crippen LogP contribution in [0.25, 0.3) is 0 Å². The summed E-state index contributed by atoms with van der Waals surface area (Å²) in [5, 5.41) is 4.28. The molecule has 0 radical (unpaired) electrons. The first-order chi connectivity index (χ1) is 7.81. The molecular weight excluding hydrogens is 214 g/mol. The SMILES string of the molecule is CCCCCCCCCCNCC(C)SC. The second-order valence-electron chi connectivity index (χ2n) is 4.73. The van der Waals surface area contributed by atoms with Gasteiger partial charge in [-0.1, -0.05) is 58.8 Å². The van der Waals surface area contributed by atoms with Gasteiger partial charge in [0.2, 0.25) is 0 Å². The Balaban J connectivity index is 2.93. The van der Waals surface area contributed by atoms with Gasteiger partial charge >= 0.3 is 0 Å². The van der Waals surface area contributed by atoms with Gasteiger partial charge in [0.15, 0.2) is 0 Å². The highest BCUT2D eigenvalue weighted by Gasteiger charge is 1.97. The highest BCUT2D eigenvalue weighted by atomic mass is 32.2. The van der Waals surface area contributed by atoms with E-state index in [4.69, 9.17) is 0 Å². The average molecular weight is 245 g/mol. The molecule has 0 aromatic carbocycles. The Hall–Kier alpha value is 0.310. The van der Waals surface area contributed by atoms with E-state index in [0.717, 1.165) is 11.8 Å². The second kappa shape index (κ2) is 13.4. The monoisotopic (exact) mass is 245 g/mol. The van der Waals surface area contributed by atoms with E-state index in [2.05, 4.69) is 25.4 Å². The van der Waals surface area contributed by atoms with E-state index in [-0.39, 0.29) is 0 Å². The van der Waals surface area contributed by atoms with E-state index in [0.29, 0.717) is 0 Å². The van der Waals surface area contributed by atoms with Crippen LogP contribution >= 0.6 is 11.8 Å². The van der Waals surface area contributed by atoms with E-state index in [1.807, 2.05) is 11.8 Å². The van der Waals surface area contributed by atoms with Gasteiger partial charge in [0, 0.05) is 11.8 Å². The third-order valence-electron chi connectivity index (χ3n) is 3.04. The normalized spacial score (nSPS) is 12.9. The van der Waals surface area contributed by atoms with E-state index in [9.17, 15) is 0 Å². The average Bonchev–Trinajstić information content (AvgIpc) is 2.31. The molecule has 0 heterocycles. The minimum Gasteiger partial charge on any atom is -0.316 e. The van der Waals surface area contributed by atoms with Gasteiger partial charge in [0.1, 0.15) is 0 Å². The summed E-state index contributed by atoms with van der Waals surface area (Å²) >= 11 is 1.94. The Kier molecular flexibility index (Phi) is 13.6. The van der Waals surface area contributed by atoms with Crippen LogP contribution in [-0.4, -0.2) is 24.6 Å². The zero-order chi connectivity index (χ0) is 12.1. The predicted octanol–water partition coefficient (Wildman–Crippen LogP) is 4.47. The zero-order valence-corrected chi connectivity index (χ0v) is 12.4. The van der Waals surface area contributed by atoms with Crippen LogP contribution in [0.5, 0.6) is 0 Å². The summed E-state index contributed by atoms with van der Waals surface area (Å²) in [4.78, 5) is 0. The van der Waals surface area contributed by atoms with Gasteiger partial charge < -0.3 is 5.32 Å². The molecule has 1 N–H and O–H groups in total. The van der Waals surface area contributed by atoms with Crippen molar-refractivity contribution < 1.29 is 0 Å². The Bertz CT molecular complexity index is 128. The molecule has 0 saturated heterocycles. The van der Waals surface area contributed by atoms with Crippen molar-refractivity contribution in [3.63, 3.8) is 0 Å². The van der Waals surface area contributed by atoms with Gasteiger partial charge in [-0.15, -0.1) is 0 Å². The maximum Gasteiger partial charge on any atom is 0.0141 e. The van der Waals surface area contributed by atoms with Gasteiger partial charge in [-0.2, -0.15) is 11.8 Å².